The molecule has 0 radical (unpaired) electrons. The first-order chi connectivity index (χ1) is 11.9. The van der Waals surface area contributed by atoms with Crippen molar-refractivity contribution in [2.45, 2.75) is 51.7 Å². The van der Waals surface area contributed by atoms with Crippen LogP contribution in [0.5, 0.6) is 0 Å². The SMILES string of the molecule is CC(N)CCC(=O)NCc1cccc(CN2CCCC(C(N)=O)C2)c1. The van der Waals surface area contributed by atoms with Crippen molar-refractivity contribution in [2.24, 2.45) is 17.4 Å². The van der Waals surface area contributed by atoms with Gasteiger partial charge in [-0.05, 0) is 43.9 Å². The Morgan fingerprint density at radius 1 is 1.36 bits per heavy atom. The summed E-state index contributed by atoms with van der Waals surface area (Å²) in [7, 11) is 0. The van der Waals surface area contributed by atoms with Crippen LogP contribution in [0.2, 0.25) is 0 Å². The molecule has 2 rings (SSSR count). The van der Waals surface area contributed by atoms with Gasteiger partial charge in [-0.1, -0.05) is 24.3 Å². The zero-order valence-corrected chi connectivity index (χ0v) is 15.0. The maximum Gasteiger partial charge on any atom is 0.221 e. The second kappa shape index (κ2) is 9.53. The fraction of sp³-hybridized carbons (Fsp3) is 0.579. The van der Waals surface area contributed by atoms with Gasteiger partial charge in [0.2, 0.25) is 11.8 Å². The van der Waals surface area contributed by atoms with Crippen molar-refractivity contribution in [3.05, 3.63) is 35.4 Å². The van der Waals surface area contributed by atoms with Crippen LogP contribution in [0.4, 0.5) is 0 Å². The summed E-state index contributed by atoms with van der Waals surface area (Å²) < 4.78 is 0. The number of hydrogen-bond acceptors (Lipinski definition) is 4. The van der Waals surface area contributed by atoms with Crippen LogP contribution in [0.1, 0.15) is 43.7 Å². The number of primary amides is 1. The van der Waals surface area contributed by atoms with Crippen LogP contribution in [-0.2, 0) is 22.7 Å². The molecule has 1 aliphatic heterocycles. The maximum atomic E-state index is 11.8. The summed E-state index contributed by atoms with van der Waals surface area (Å²) in [5, 5.41) is 2.94. The number of piperidine rings is 1. The number of benzene rings is 1. The molecule has 2 atom stereocenters. The molecule has 0 saturated carbocycles. The molecule has 6 heteroatoms. The van der Waals surface area contributed by atoms with Crippen LogP contribution in [0, 0.1) is 5.92 Å². The topological polar surface area (TPSA) is 101 Å². The number of nitrogens with two attached hydrogens (primary N) is 2. The van der Waals surface area contributed by atoms with Gasteiger partial charge in [0.15, 0.2) is 0 Å². The summed E-state index contributed by atoms with van der Waals surface area (Å²) in [4.78, 5) is 25.5. The van der Waals surface area contributed by atoms with Gasteiger partial charge in [0, 0.05) is 32.1 Å². The minimum atomic E-state index is -0.201. The van der Waals surface area contributed by atoms with Gasteiger partial charge in [0.05, 0.1) is 5.92 Å². The van der Waals surface area contributed by atoms with Gasteiger partial charge in [-0.25, -0.2) is 0 Å². The van der Waals surface area contributed by atoms with Crippen molar-refractivity contribution >= 4 is 11.8 Å². The lowest BCUT2D eigenvalue weighted by atomic mass is 9.97. The van der Waals surface area contributed by atoms with Crippen LogP contribution >= 0.6 is 0 Å². The monoisotopic (exact) mass is 346 g/mol. The van der Waals surface area contributed by atoms with Gasteiger partial charge in [-0.2, -0.15) is 0 Å². The van der Waals surface area contributed by atoms with Crippen LogP contribution in [0.15, 0.2) is 24.3 Å². The minimum Gasteiger partial charge on any atom is -0.369 e. The highest BCUT2D eigenvalue weighted by molar-refractivity contribution is 5.77. The summed E-state index contributed by atoms with van der Waals surface area (Å²) in [6.07, 6.45) is 3.05. The van der Waals surface area contributed by atoms with Crippen LogP contribution in [0.3, 0.4) is 0 Å². The Morgan fingerprint density at radius 2 is 2.12 bits per heavy atom. The van der Waals surface area contributed by atoms with Crippen LogP contribution in [-0.4, -0.2) is 35.8 Å². The normalized spacial score (nSPS) is 19.4. The van der Waals surface area contributed by atoms with E-state index in [0.717, 1.165) is 38.0 Å². The Kier molecular flexibility index (Phi) is 7.40. The number of carbonyl (C=O) groups is 2. The van der Waals surface area contributed by atoms with Crippen LogP contribution in [0.25, 0.3) is 0 Å². The lowest BCUT2D eigenvalue weighted by molar-refractivity contribution is -0.123. The summed E-state index contributed by atoms with van der Waals surface area (Å²) in [6, 6.07) is 8.25. The zero-order chi connectivity index (χ0) is 18.2. The molecule has 5 N–H and O–H groups in total. The number of nitrogens with one attached hydrogen (secondary N) is 1. The lowest BCUT2D eigenvalue weighted by Crippen LogP contribution is -2.40. The predicted molar refractivity (Wildman–Crippen MR) is 98.4 cm³/mol. The molecule has 25 heavy (non-hydrogen) atoms. The largest absolute Gasteiger partial charge is 0.369 e. The van der Waals surface area contributed by atoms with Gasteiger partial charge in [0.25, 0.3) is 0 Å². The quantitative estimate of drug-likeness (QED) is 0.656. The Labute approximate surface area is 149 Å². The molecule has 0 spiro atoms. The molecule has 2 amide bonds. The number of rotatable bonds is 8. The van der Waals surface area contributed by atoms with Crippen LogP contribution < -0.4 is 16.8 Å². The first-order valence-electron chi connectivity index (χ1n) is 9.06. The highest BCUT2D eigenvalue weighted by atomic mass is 16.2. The molecule has 2 unspecified atom stereocenters. The molecule has 1 aromatic carbocycles. The summed E-state index contributed by atoms with van der Waals surface area (Å²) in [5.74, 6) is -0.211. The van der Waals surface area contributed by atoms with E-state index in [1.165, 1.54) is 5.56 Å². The Balaban J connectivity index is 1.84. The van der Waals surface area contributed by atoms with Gasteiger partial charge < -0.3 is 16.8 Å². The Bertz CT molecular complexity index is 589. The zero-order valence-electron chi connectivity index (χ0n) is 15.0. The number of nitrogens with zero attached hydrogens (tertiary/aromatic N) is 1. The molecule has 0 bridgehead atoms. The molecule has 0 aliphatic carbocycles. The van der Waals surface area contributed by atoms with E-state index < -0.39 is 0 Å². The molecule has 138 valence electrons. The van der Waals surface area contributed by atoms with E-state index in [2.05, 4.69) is 22.3 Å². The van der Waals surface area contributed by atoms with E-state index in [1.54, 1.807) is 0 Å². The second-order valence-electron chi connectivity index (χ2n) is 7.09. The van der Waals surface area contributed by atoms with Crippen molar-refractivity contribution in [1.82, 2.24) is 10.2 Å². The molecule has 1 fully saturated rings. The van der Waals surface area contributed by atoms with E-state index in [1.807, 2.05) is 19.1 Å². The smallest absolute Gasteiger partial charge is 0.221 e. The van der Waals surface area contributed by atoms with E-state index in [-0.39, 0.29) is 23.8 Å². The molecular formula is C19H30N4O2. The molecular weight excluding hydrogens is 316 g/mol. The molecule has 1 aliphatic rings. The van der Waals surface area contributed by atoms with E-state index in [0.29, 0.717) is 19.4 Å². The summed E-state index contributed by atoms with van der Waals surface area (Å²) >= 11 is 0. The molecule has 1 saturated heterocycles. The molecule has 0 aromatic heterocycles. The van der Waals surface area contributed by atoms with E-state index >= 15 is 0 Å². The Morgan fingerprint density at radius 3 is 2.84 bits per heavy atom. The fourth-order valence-electron chi connectivity index (χ4n) is 3.18. The average Bonchev–Trinajstić information content (AvgIpc) is 2.58. The summed E-state index contributed by atoms with van der Waals surface area (Å²) in [6.45, 7) is 4.95. The van der Waals surface area contributed by atoms with Gasteiger partial charge in [-0.15, -0.1) is 0 Å². The van der Waals surface area contributed by atoms with E-state index in [4.69, 9.17) is 11.5 Å². The first kappa shape index (κ1) is 19.4. The number of carbonyl (C=O) groups excluding carboxylic acids is 2. The molecule has 1 heterocycles. The van der Waals surface area contributed by atoms with Crippen molar-refractivity contribution in [2.75, 3.05) is 13.1 Å². The van der Waals surface area contributed by atoms with Gasteiger partial charge in [0.1, 0.15) is 0 Å². The third-order valence-electron chi connectivity index (χ3n) is 4.62. The van der Waals surface area contributed by atoms with Crippen molar-refractivity contribution in [3.8, 4) is 0 Å². The Hall–Kier alpha value is -1.92. The number of amides is 2. The standard InChI is InChI=1S/C19H30N4O2/c1-14(20)7-8-18(24)22-11-15-4-2-5-16(10-15)12-23-9-3-6-17(13-23)19(21)25/h2,4-5,10,14,17H,3,6-9,11-13,20H2,1H3,(H2,21,25)(H,22,24). The molecule has 1 aromatic rings. The summed E-state index contributed by atoms with van der Waals surface area (Å²) in [5.41, 5.74) is 13.4. The fourth-order valence-corrected chi connectivity index (χ4v) is 3.18. The van der Waals surface area contributed by atoms with Crippen molar-refractivity contribution < 1.29 is 9.59 Å². The van der Waals surface area contributed by atoms with Gasteiger partial charge in [-0.3, -0.25) is 14.5 Å². The third-order valence-corrected chi connectivity index (χ3v) is 4.62. The maximum absolute atomic E-state index is 11.8. The highest BCUT2D eigenvalue weighted by Crippen LogP contribution is 2.18. The highest BCUT2D eigenvalue weighted by Gasteiger charge is 2.23. The van der Waals surface area contributed by atoms with Crippen molar-refractivity contribution in [1.29, 1.82) is 0 Å². The predicted octanol–water partition coefficient (Wildman–Crippen LogP) is 1.13. The minimum absolute atomic E-state index is 0.0306. The average molecular weight is 346 g/mol. The second-order valence-corrected chi connectivity index (χ2v) is 7.09. The van der Waals surface area contributed by atoms with E-state index in [9.17, 15) is 9.59 Å². The van der Waals surface area contributed by atoms with Crippen molar-refractivity contribution in [3.63, 3.8) is 0 Å². The number of likely N-dealkylation sites (tertiary alicyclic amines) is 1. The first-order valence-corrected chi connectivity index (χ1v) is 9.06. The van der Waals surface area contributed by atoms with Gasteiger partial charge >= 0.3 is 0 Å². The third kappa shape index (κ3) is 6.84. The molecule has 6 nitrogen and oxygen atoms in total. The lowest BCUT2D eigenvalue weighted by Gasteiger charge is -2.31. The number of hydrogen-bond donors (Lipinski definition) is 3.